The number of ether oxygens (including phenoxy) is 1. The van der Waals surface area contributed by atoms with Crippen LogP contribution >= 0.6 is 0 Å². The quantitative estimate of drug-likeness (QED) is 0.888. The molecule has 0 radical (unpaired) electrons. The second kappa shape index (κ2) is 4.57. The molecule has 19 heavy (non-hydrogen) atoms. The van der Waals surface area contributed by atoms with Gasteiger partial charge in [0, 0.05) is 29.1 Å². The average Bonchev–Trinajstić information content (AvgIpc) is 3.05. The van der Waals surface area contributed by atoms with Crippen molar-refractivity contribution < 1.29 is 4.74 Å². The molecule has 0 bridgehead atoms. The fraction of sp³-hybridized carbons (Fsp3) is 0.500. The summed E-state index contributed by atoms with van der Waals surface area (Å²) in [6.07, 6.45) is 7.13. The summed E-state index contributed by atoms with van der Waals surface area (Å²) in [4.78, 5) is 3.43. The number of methoxy groups -OCH3 is 1. The van der Waals surface area contributed by atoms with Crippen LogP contribution in [0.25, 0.3) is 10.9 Å². The van der Waals surface area contributed by atoms with Crippen molar-refractivity contribution in [1.29, 1.82) is 0 Å². The van der Waals surface area contributed by atoms with E-state index in [9.17, 15) is 0 Å². The van der Waals surface area contributed by atoms with E-state index in [0.717, 1.165) is 12.3 Å². The first-order valence-electron chi connectivity index (χ1n) is 7.06. The van der Waals surface area contributed by atoms with Crippen LogP contribution in [-0.4, -0.2) is 18.6 Å². The minimum atomic E-state index is 0.164. The Morgan fingerprint density at radius 3 is 2.68 bits per heavy atom. The lowest BCUT2D eigenvalue weighted by atomic mass is 9.79. The van der Waals surface area contributed by atoms with Gasteiger partial charge in [0.05, 0.1) is 7.11 Å². The average molecular weight is 258 g/mol. The smallest absolute Gasteiger partial charge is 0.119 e. The van der Waals surface area contributed by atoms with Crippen molar-refractivity contribution >= 4 is 10.9 Å². The monoisotopic (exact) mass is 258 g/mol. The largest absolute Gasteiger partial charge is 0.497 e. The molecule has 1 saturated carbocycles. The van der Waals surface area contributed by atoms with E-state index in [-0.39, 0.29) is 5.41 Å². The molecule has 0 spiro atoms. The van der Waals surface area contributed by atoms with Gasteiger partial charge < -0.3 is 15.5 Å². The summed E-state index contributed by atoms with van der Waals surface area (Å²) >= 11 is 0. The van der Waals surface area contributed by atoms with E-state index in [0.29, 0.717) is 0 Å². The SMILES string of the molecule is COc1cc(C)c2[nH]cc(C3(CN)CCCC3)c2c1. The maximum Gasteiger partial charge on any atom is 0.119 e. The zero-order valence-electron chi connectivity index (χ0n) is 11.8. The Labute approximate surface area is 114 Å². The van der Waals surface area contributed by atoms with Gasteiger partial charge in [-0.2, -0.15) is 0 Å². The number of rotatable bonds is 3. The Morgan fingerprint density at radius 2 is 2.05 bits per heavy atom. The molecule has 0 unspecified atom stereocenters. The van der Waals surface area contributed by atoms with E-state index in [2.05, 4.69) is 30.2 Å². The van der Waals surface area contributed by atoms with Gasteiger partial charge in [-0.05, 0) is 43.0 Å². The van der Waals surface area contributed by atoms with Gasteiger partial charge in [0.15, 0.2) is 0 Å². The molecule has 0 amide bonds. The predicted molar refractivity (Wildman–Crippen MR) is 78.8 cm³/mol. The van der Waals surface area contributed by atoms with Crippen LogP contribution in [0.4, 0.5) is 0 Å². The molecule has 1 aromatic carbocycles. The molecular weight excluding hydrogens is 236 g/mol. The Hall–Kier alpha value is -1.48. The molecule has 1 aromatic heterocycles. The van der Waals surface area contributed by atoms with Crippen molar-refractivity contribution in [1.82, 2.24) is 4.98 Å². The van der Waals surface area contributed by atoms with Gasteiger partial charge in [-0.15, -0.1) is 0 Å². The molecule has 3 nitrogen and oxygen atoms in total. The summed E-state index contributed by atoms with van der Waals surface area (Å²) in [5.74, 6) is 0.927. The molecule has 3 N–H and O–H groups in total. The first-order valence-corrected chi connectivity index (χ1v) is 7.06. The van der Waals surface area contributed by atoms with Crippen LogP contribution in [0.1, 0.15) is 36.8 Å². The Balaban J connectivity index is 2.21. The minimum absolute atomic E-state index is 0.164. The number of aromatic nitrogens is 1. The molecule has 0 saturated heterocycles. The molecule has 1 aliphatic carbocycles. The van der Waals surface area contributed by atoms with E-state index in [1.807, 2.05) is 0 Å². The van der Waals surface area contributed by atoms with Gasteiger partial charge in [0.1, 0.15) is 5.75 Å². The number of nitrogens with two attached hydrogens (primary N) is 1. The van der Waals surface area contributed by atoms with E-state index in [1.54, 1.807) is 7.11 Å². The van der Waals surface area contributed by atoms with Crippen molar-refractivity contribution in [3.8, 4) is 5.75 Å². The third-order valence-corrected chi connectivity index (χ3v) is 4.72. The van der Waals surface area contributed by atoms with E-state index in [4.69, 9.17) is 10.5 Å². The minimum Gasteiger partial charge on any atom is -0.497 e. The summed E-state index contributed by atoms with van der Waals surface area (Å²) < 4.78 is 5.41. The number of benzene rings is 1. The van der Waals surface area contributed by atoms with Crippen LogP contribution in [0, 0.1) is 6.92 Å². The van der Waals surface area contributed by atoms with Gasteiger partial charge in [-0.1, -0.05) is 12.8 Å². The van der Waals surface area contributed by atoms with Crippen LogP contribution in [0.15, 0.2) is 18.3 Å². The van der Waals surface area contributed by atoms with Crippen molar-refractivity contribution in [3.05, 3.63) is 29.5 Å². The Morgan fingerprint density at radius 1 is 1.32 bits per heavy atom. The third kappa shape index (κ3) is 1.84. The molecule has 102 valence electrons. The topological polar surface area (TPSA) is 51.0 Å². The molecule has 2 aromatic rings. The molecule has 1 aliphatic rings. The Bertz CT molecular complexity index is 594. The highest BCUT2D eigenvalue weighted by molar-refractivity contribution is 5.88. The lowest BCUT2D eigenvalue weighted by Crippen LogP contribution is -2.31. The molecule has 0 atom stereocenters. The van der Waals surface area contributed by atoms with Gasteiger partial charge in [0.25, 0.3) is 0 Å². The van der Waals surface area contributed by atoms with Gasteiger partial charge >= 0.3 is 0 Å². The van der Waals surface area contributed by atoms with Crippen molar-refractivity contribution in [2.75, 3.05) is 13.7 Å². The van der Waals surface area contributed by atoms with Gasteiger partial charge in [-0.3, -0.25) is 0 Å². The molecule has 1 fully saturated rings. The van der Waals surface area contributed by atoms with Crippen LogP contribution in [0.3, 0.4) is 0 Å². The zero-order valence-corrected chi connectivity index (χ0v) is 11.8. The number of nitrogens with one attached hydrogen (secondary N) is 1. The lowest BCUT2D eigenvalue weighted by molar-refractivity contribution is 0.415. The highest BCUT2D eigenvalue weighted by Gasteiger charge is 2.36. The van der Waals surface area contributed by atoms with Gasteiger partial charge in [0.2, 0.25) is 0 Å². The third-order valence-electron chi connectivity index (χ3n) is 4.72. The summed E-state index contributed by atoms with van der Waals surface area (Å²) in [7, 11) is 1.72. The predicted octanol–water partition coefficient (Wildman–Crippen LogP) is 3.26. The van der Waals surface area contributed by atoms with Crippen LogP contribution in [0.2, 0.25) is 0 Å². The Kier molecular flexibility index (Phi) is 3.02. The fourth-order valence-corrected chi connectivity index (χ4v) is 3.57. The molecule has 1 heterocycles. The standard InChI is InChI=1S/C16H22N2O/c1-11-7-12(19-2)8-13-14(9-18-15(11)13)16(10-17)5-3-4-6-16/h7-9,18H,3-6,10,17H2,1-2H3. The first kappa shape index (κ1) is 12.5. The summed E-state index contributed by atoms with van der Waals surface area (Å²) in [5.41, 5.74) is 10.1. The van der Waals surface area contributed by atoms with Crippen LogP contribution in [-0.2, 0) is 5.41 Å². The number of aryl methyl sites for hydroxylation is 1. The van der Waals surface area contributed by atoms with E-state index in [1.165, 1.54) is 47.7 Å². The fourth-order valence-electron chi connectivity index (χ4n) is 3.57. The first-order chi connectivity index (χ1) is 9.20. The lowest BCUT2D eigenvalue weighted by Gasteiger charge is -2.27. The second-order valence-electron chi connectivity index (χ2n) is 5.76. The molecule has 3 rings (SSSR count). The van der Waals surface area contributed by atoms with Gasteiger partial charge in [-0.25, -0.2) is 0 Å². The summed E-state index contributed by atoms with van der Waals surface area (Å²) in [6, 6.07) is 4.22. The van der Waals surface area contributed by atoms with Crippen LogP contribution < -0.4 is 10.5 Å². The maximum absolute atomic E-state index is 6.11. The number of H-pyrrole nitrogens is 1. The summed E-state index contributed by atoms with van der Waals surface area (Å²) in [6.45, 7) is 2.85. The van der Waals surface area contributed by atoms with E-state index >= 15 is 0 Å². The van der Waals surface area contributed by atoms with Crippen molar-refractivity contribution in [3.63, 3.8) is 0 Å². The second-order valence-corrected chi connectivity index (χ2v) is 5.76. The summed E-state index contributed by atoms with van der Waals surface area (Å²) in [5, 5.41) is 1.28. The maximum atomic E-state index is 6.11. The highest BCUT2D eigenvalue weighted by atomic mass is 16.5. The number of hydrogen-bond donors (Lipinski definition) is 2. The number of hydrogen-bond acceptors (Lipinski definition) is 2. The van der Waals surface area contributed by atoms with Crippen molar-refractivity contribution in [2.45, 2.75) is 38.0 Å². The number of aromatic amines is 1. The van der Waals surface area contributed by atoms with Crippen LogP contribution in [0.5, 0.6) is 5.75 Å². The number of fused-ring (bicyclic) bond motifs is 1. The molecular formula is C16H22N2O. The zero-order chi connectivity index (χ0) is 13.5. The molecule has 3 heteroatoms. The highest BCUT2D eigenvalue weighted by Crippen LogP contribution is 2.44. The normalized spacial score (nSPS) is 18.1. The van der Waals surface area contributed by atoms with E-state index < -0.39 is 0 Å². The van der Waals surface area contributed by atoms with Crippen molar-refractivity contribution in [2.24, 2.45) is 5.73 Å². The molecule has 0 aliphatic heterocycles.